The molecule has 2 aromatic carbocycles. The Bertz CT molecular complexity index is 1270. The summed E-state index contributed by atoms with van der Waals surface area (Å²) in [5.41, 5.74) is 3.48. The number of nitrogens with zero attached hydrogens (tertiary/aromatic N) is 1. The molecule has 2 N–H and O–H groups in total. The van der Waals surface area contributed by atoms with Crippen molar-refractivity contribution in [1.82, 2.24) is 4.98 Å². The number of nitrogens with one attached hydrogen (secondary N) is 1. The van der Waals surface area contributed by atoms with Gasteiger partial charge in [0.15, 0.2) is 9.84 Å². The topological polar surface area (TPSA) is 96.4 Å². The molecule has 0 amide bonds. The van der Waals surface area contributed by atoms with Gasteiger partial charge in [0.05, 0.1) is 34.0 Å². The molecule has 0 aliphatic carbocycles. The molecule has 148 valence electrons. The molecule has 0 fully saturated rings. The van der Waals surface area contributed by atoms with E-state index in [9.17, 15) is 18.3 Å². The van der Waals surface area contributed by atoms with Gasteiger partial charge >= 0.3 is 5.97 Å². The molecule has 2 heterocycles. The van der Waals surface area contributed by atoms with Crippen molar-refractivity contribution >= 4 is 55.3 Å². The van der Waals surface area contributed by atoms with Crippen LogP contribution >= 0.6 is 11.6 Å². The van der Waals surface area contributed by atoms with Gasteiger partial charge in [0.2, 0.25) is 0 Å². The largest absolute Gasteiger partial charge is 0.478 e. The van der Waals surface area contributed by atoms with Crippen molar-refractivity contribution in [3.63, 3.8) is 0 Å². The summed E-state index contributed by atoms with van der Waals surface area (Å²) >= 11 is 6.21. The number of para-hydroxylation sites is 1. The zero-order valence-corrected chi connectivity index (χ0v) is 16.8. The molecule has 0 atom stereocenters. The highest BCUT2D eigenvalue weighted by Gasteiger charge is 2.21. The molecule has 1 aliphatic rings. The van der Waals surface area contributed by atoms with Gasteiger partial charge < -0.3 is 10.4 Å². The second-order valence-corrected chi connectivity index (χ2v) is 9.44. The fraction of sp³-hybridized carbons (Fsp3) is 0.143. The van der Waals surface area contributed by atoms with E-state index < -0.39 is 15.8 Å². The number of carboxylic acids is 1. The third-order valence-electron chi connectivity index (χ3n) is 4.86. The highest BCUT2D eigenvalue weighted by Crippen LogP contribution is 2.37. The minimum absolute atomic E-state index is 0.0267. The van der Waals surface area contributed by atoms with E-state index in [0.717, 1.165) is 16.5 Å². The Balaban J connectivity index is 1.92. The summed E-state index contributed by atoms with van der Waals surface area (Å²) in [5.74, 6) is -1.01. The van der Waals surface area contributed by atoms with Crippen LogP contribution in [0.2, 0.25) is 5.02 Å². The van der Waals surface area contributed by atoms with Crippen LogP contribution in [0.1, 0.15) is 22.3 Å². The lowest BCUT2D eigenvalue weighted by atomic mass is 9.99. The Morgan fingerprint density at radius 1 is 1.17 bits per heavy atom. The Morgan fingerprint density at radius 3 is 2.69 bits per heavy atom. The number of allylic oxidation sites excluding steroid dienone is 1. The lowest BCUT2D eigenvalue weighted by Crippen LogP contribution is -2.15. The van der Waals surface area contributed by atoms with E-state index in [4.69, 9.17) is 11.6 Å². The number of hydrogen-bond donors (Lipinski definition) is 2. The average Bonchev–Trinajstić information content (AvgIpc) is 2.69. The molecule has 0 saturated heterocycles. The first-order valence-corrected chi connectivity index (χ1v) is 11.1. The van der Waals surface area contributed by atoms with E-state index in [2.05, 4.69) is 10.3 Å². The normalized spacial score (nSPS) is 15.7. The molecule has 0 unspecified atom stereocenters. The number of benzene rings is 2. The van der Waals surface area contributed by atoms with E-state index in [0.29, 0.717) is 28.3 Å². The summed E-state index contributed by atoms with van der Waals surface area (Å²) in [7, 11) is -3.08. The molecule has 0 spiro atoms. The summed E-state index contributed by atoms with van der Waals surface area (Å²) in [6.07, 6.45) is 3.75. The lowest BCUT2D eigenvalue weighted by Gasteiger charge is -2.20. The van der Waals surface area contributed by atoms with Crippen LogP contribution in [-0.2, 0) is 9.84 Å². The van der Waals surface area contributed by atoms with Crippen LogP contribution in [0, 0.1) is 0 Å². The van der Waals surface area contributed by atoms with Crippen LogP contribution in [0.5, 0.6) is 0 Å². The number of fused-ring (bicyclic) bond motifs is 1. The number of hydrogen-bond acceptors (Lipinski definition) is 5. The van der Waals surface area contributed by atoms with Crippen LogP contribution < -0.4 is 5.32 Å². The van der Waals surface area contributed by atoms with Gasteiger partial charge in [0.1, 0.15) is 0 Å². The van der Waals surface area contributed by atoms with Crippen molar-refractivity contribution in [3.8, 4) is 0 Å². The number of anilines is 2. The molecule has 0 saturated carbocycles. The molecule has 8 heteroatoms. The molecule has 6 nitrogen and oxygen atoms in total. The predicted molar refractivity (Wildman–Crippen MR) is 115 cm³/mol. The second kappa shape index (κ2) is 7.50. The molecular weight excluding hydrogens is 412 g/mol. The number of pyridine rings is 1. The molecule has 0 bridgehead atoms. The zero-order chi connectivity index (χ0) is 20.6. The van der Waals surface area contributed by atoms with Gasteiger partial charge in [0, 0.05) is 22.2 Å². The van der Waals surface area contributed by atoms with Gasteiger partial charge in [-0.2, -0.15) is 0 Å². The quantitative estimate of drug-likeness (QED) is 0.633. The van der Waals surface area contributed by atoms with Crippen LogP contribution in [0.15, 0.2) is 54.7 Å². The monoisotopic (exact) mass is 428 g/mol. The summed E-state index contributed by atoms with van der Waals surface area (Å²) < 4.78 is 23.6. The Labute approximate surface area is 172 Å². The molecule has 1 aromatic heterocycles. The minimum atomic E-state index is -3.08. The number of rotatable bonds is 4. The first kappa shape index (κ1) is 19.4. The summed E-state index contributed by atoms with van der Waals surface area (Å²) in [6, 6.07) is 11.9. The fourth-order valence-electron chi connectivity index (χ4n) is 3.38. The maximum absolute atomic E-state index is 11.8. The second-order valence-electron chi connectivity index (χ2n) is 6.78. The Hall–Kier alpha value is -2.90. The van der Waals surface area contributed by atoms with E-state index >= 15 is 0 Å². The number of sulfone groups is 1. The summed E-state index contributed by atoms with van der Waals surface area (Å²) in [5, 5.41) is 14.0. The number of halogens is 1. The third-order valence-corrected chi connectivity index (χ3v) is 6.59. The molecule has 3 aromatic rings. The first-order valence-electron chi connectivity index (χ1n) is 8.91. The van der Waals surface area contributed by atoms with Crippen molar-refractivity contribution in [2.24, 2.45) is 0 Å². The van der Waals surface area contributed by atoms with E-state index in [1.807, 2.05) is 0 Å². The van der Waals surface area contributed by atoms with E-state index in [-0.39, 0.29) is 17.1 Å². The van der Waals surface area contributed by atoms with Gasteiger partial charge in [-0.15, -0.1) is 0 Å². The van der Waals surface area contributed by atoms with Crippen LogP contribution in [0.25, 0.3) is 16.5 Å². The SMILES string of the molecule is O=C(O)c1ccccc1Nc1c(C2=CCS(=O)(=O)CC2)cnc2ccc(Cl)cc12. The molecule has 29 heavy (non-hydrogen) atoms. The number of carboxylic acid groups (broad SMARTS) is 1. The Kier molecular flexibility index (Phi) is 5.02. The van der Waals surface area contributed by atoms with Crippen molar-refractivity contribution in [2.45, 2.75) is 6.42 Å². The van der Waals surface area contributed by atoms with Crippen molar-refractivity contribution in [1.29, 1.82) is 0 Å². The maximum Gasteiger partial charge on any atom is 0.337 e. The molecule has 4 rings (SSSR count). The standard InChI is InChI=1S/C21H17ClN2O4S/c22-14-5-6-18-16(11-14)20(24-19-4-2-1-3-15(19)21(25)26)17(12-23-18)13-7-9-29(27,28)10-8-13/h1-7,11-12H,8-10H2,(H,23,24)(H,25,26). The van der Waals surface area contributed by atoms with Gasteiger partial charge in [0.25, 0.3) is 0 Å². The highest BCUT2D eigenvalue weighted by molar-refractivity contribution is 7.91. The third kappa shape index (κ3) is 3.97. The van der Waals surface area contributed by atoms with Crippen LogP contribution in [-0.4, -0.2) is 36.0 Å². The highest BCUT2D eigenvalue weighted by atomic mass is 35.5. The maximum atomic E-state index is 11.8. The number of aromatic nitrogens is 1. The Morgan fingerprint density at radius 2 is 1.97 bits per heavy atom. The van der Waals surface area contributed by atoms with Crippen molar-refractivity contribution < 1.29 is 18.3 Å². The van der Waals surface area contributed by atoms with Crippen LogP contribution in [0.3, 0.4) is 0 Å². The molecule has 1 aliphatic heterocycles. The van der Waals surface area contributed by atoms with Crippen molar-refractivity contribution in [2.75, 3.05) is 16.8 Å². The van der Waals surface area contributed by atoms with Gasteiger partial charge in [-0.3, -0.25) is 4.98 Å². The van der Waals surface area contributed by atoms with E-state index in [1.54, 1.807) is 48.7 Å². The predicted octanol–water partition coefficient (Wildman–Crippen LogP) is 4.53. The minimum Gasteiger partial charge on any atom is -0.478 e. The molecular formula is C21H17ClN2O4S. The summed E-state index contributed by atoms with van der Waals surface area (Å²) in [6.45, 7) is 0. The summed E-state index contributed by atoms with van der Waals surface area (Å²) in [4.78, 5) is 16.1. The average molecular weight is 429 g/mol. The van der Waals surface area contributed by atoms with Crippen LogP contribution in [0.4, 0.5) is 11.4 Å². The number of carbonyl (C=O) groups is 1. The number of aromatic carboxylic acids is 1. The first-order chi connectivity index (χ1) is 13.8. The molecule has 0 radical (unpaired) electrons. The van der Waals surface area contributed by atoms with Gasteiger partial charge in [-0.05, 0) is 42.3 Å². The lowest BCUT2D eigenvalue weighted by molar-refractivity contribution is 0.0698. The van der Waals surface area contributed by atoms with Gasteiger partial charge in [-0.25, -0.2) is 13.2 Å². The van der Waals surface area contributed by atoms with E-state index in [1.165, 1.54) is 6.07 Å². The van der Waals surface area contributed by atoms with Gasteiger partial charge in [-0.1, -0.05) is 29.8 Å². The van der Waals surface area contributed by atoms with Crippen molar-refractivity contribution in [3.05, 3.63) is 70.9 Å². The zero-order valence-electron chi connectivity index (χ0n) is 15.2. The smallest absolute Gasteiger partial charge is 0.337 e. The fourth-order valence-corrected chi connectivity index (χ4v) is 4.70.